The molecule has 2 fully saturated rings. The third-order valence-electron chi connectivity index (χ3n) is 13.7. The minimum Gasteiger partial charge on any atom is -0.456 e. The van der Waals surface area contributed by atoms with Crippen LogP contribution < -0.4 is 21.3 Å². The van der Waals surface area contributed by atoms with Gasteiger partial charge in [-0.05, 0) is 82.2 Å². The Balaban J connectivity index is 1.00. The van der Waals surface area contributed by atoms with Crippen LogP contribution in [-0.4, -0.2) is 71.4 Å². The zero-order valence-electron chi connectivity index (χ0n) is 41.8. The summed E-state index contributed by atoms with van der Waals surface area (Å²) in [5.41, 5.74) is 5.60. The number of carbonyl (C=O) groups is 5. The Morgan fingerprint density at radius 1 is 0.566 bits per heavy atom. The van der Waals surface area contributed by atoms with Crippen LogP contribution in [0.5, 0.6) is 0 Å². The summed E-state index contributed by atoms with van der Waals surface area (Å²) in [5.74, 6) is -2.40. The van der Waals surface area contributed by atoms with E-state index in [2.05, 4.69) is 57.7 Å². The number of halogens is 1. The van der Waals surface area contributed by atoms with Crippen LogP contribution in [0.4, 0.5) is 0 Å². The fraction of sp³-hybridized carbons (Fsp3) is 0.222. The van der Waals surface area contributed by atoms with Gasteiger partial charge >= 0.3 is 5.97 Å². The molecule has 1 heterocycles. The van der Waals surface area contributed by atoms with Crippen molar-refractivity contribution in [1.82, 2.24) is 21.3 Å². The summed E-state index contributed by atoms with van der Waals surface area (Å²) < 4.78 is 4.50. The van der Waals surface area contributed by atoms with Crippen LogP contribution in [-0.2, 0) is 44.6 Å². The molecule has 386 valence electrons. The van der Waals surface area contributed by atoms with E-state index in [0.29, 0.717) is 35.6 Å². The van der Waals surface area contributed by atoms with Gasteiger partial charge in [-0.15, -0.1) is 23.5 Å². The summed E-state index contributed by atoms with van der Waals surface area (Å²) in [6.07, 6.45) is 3.43. The van der Waals surface area contributed by atoms with Crippen molar-refractivity contribution in [1.29, 1.82) is 0 Å². The number of hydrogen-bond acceptors (Lipinski definition) is 8. The van der Waals surface area contributed by atoms with Crippen LogP contribution in [0.25, 0.3) is 0 Å². The van der Waals surface area contributed by atoms with Crippen molar-refractivity contribution < 1.29 is 28.7 Å². The number of rotatable bonds is 16. The fourth-order valence-electron chi connectivity index (χ4n) is 9.81. The summed E-state index contributed by atoms with van der Waals surface area (Å²) in [7, 11) is 0. The van der Waals surface area contributed by atoms with Crippen molar-refractivity contribution in [2.75, 3.05) is 18.1 Å². The van der Waals surface area contributed by atoms with Gasteiger partial charge in [0.05, 0.1) is 15.9 Å². The standard InChI is InChI=1S/C63H59ClN4O6S2/c64-52-35-21-22-45(40-52)41-54-58(71)67-55(44-76-63(49-29-13-4-14-30-49,50-31-15-5-16-32-50)51-33-17-6-18-34-51)59(72)68-61(37-38-61)60(73)65-43-57(70)74-53(42-56(69)66-54)36-19-20-39-75-62(46-23-7-1-8-24-46,47-25-9-2-10-26-47)48-27-11-3-12-28-48/h1-19,21-36,40,53-55H,20,37-39,41-44H2,(H,65,73)(H,66,69)(H,67,71)(H,68,72)/b36-19+/t53-,54-,55-/m1/s1. The number of carbonyl (C=O) groups excluding carboxylic acids is 5. The summed E-state index contributed by atoms with van der Waals surface area (Å²) in [6.45, 7) is -0.493. The molecule has 1 spiro atoms. The lowest BCUT2D eigenvalue weighted by atomic mass is 9.84. The van der Waals surface area contributed by atoms with Gasteiger partial charge in [0.25, 0.3) is 0 Å². The van der Waals surface area contributed by atoms with Gasteiger partial charge in [-0.3, -0.25) is 24.0 Å². The van der Waals surface area contributed by atoms with Crippen molar-refractivity contribution in [2.45, 2.75) is 65.3 Å². The van der Waals surface area contributed by atoms with Gasteiger partial charge in [0.15, 0.2) is 0 Å². The van der Waals surface area contributed by atoms with Gasteiger partial charge < -0.3 is 26.0 Å². The number of thioether (sulfide) groups is 2. The Labute approximate surface area is 457 Å². The highest BCUT2D eigenvalue weighted by molar-refractivity contribution is 8.00. The molecular weight excluding hydrogens is 1010 g/mol. The number of amides is 4. The van der Waals surface area contributed by atoms with Crippen molar-refractivity contribution in [2.24, 2.45) is 0 Å². The maximum absolute atomic E-state index is 14.9. The van der Waals surface area contributed by atoms with Gasteiger partial charge in [0.1, 0.15) is 30.3 Å². The average molecular weight is 1070 g/mol. The minimum absolute atomic E-state index is 0.0252. The van der Waals surface area contributed by atoms with Gasteiger partial charge in [-0.25, -0.2) is 0 Å². The molecule has 1 aliphatic heterocycles. The fourth-order valence-corrected chi connectivity index (χ4v) is 13.1. The van der Waals surface area contributed by atoms with Crippen LogP contribution in [0.1, 0.15) is 64.6 Å². The van der Waals surface area contributed by atoms with Gasteiger partial charge in [0.2, 0.25) is 23.6 Å². The Bertz CT molecular complexity index is 2920. The van der Waals surface area contributed by atoms with E-state index in [0.717, 1.165) is 33.4 Å². The monoisotopic (exact) mass is 1070 g/mol. The highest BCUT2D eigenvalue weighted by Gasteiger charge is 2.52. The molecule has 13 heteroatoms. The van der Waals surface area contributed by atoms with E-state index in [1.54, 1.807) is 42.1 Å². The van der Waals surface area contributed by atoms with E-state index < -0.39 is 69.4 Å². The number of hydrogen-bond donors (Lipinski definition) is 4. The van der Waals surface area contributed by atoms with E-state index in [1.165, 1.54) is 11.8 Å². The van der Waals surface area contributed by atoms with Crippen LogP contribution >= 0.6 is 35.1 Å². The molecule has 76 heavy (non-hydrogen) atoms. The van der Waals surface area contributed by atoms with Crippen molar-refractivity contribution in [3.05, 3.63) is 262 Å². The molecule has 1 aliphatic carbocycles. The van der Waals surface area contributed by atoms with Gasteiger partial charge in [-0.1, -0.05) is 212 Å². The average Bonchev–Trinajstić information content (AvgIpc) is 4.25. The molecule has 0 radical (unpaired) electrons. The molecule has 7 aromatic rings. The lowest BCUT2D eigenvalue weighted by Gasteiger charge is -2.37. The molecule has 7 aromatic carbocycles. The lowest BCUT2D eigenvalue weighted by Crippen LogP contribution is -2.59. The molecule has 1 saturated heterocycles. The first-order valence-corrected chi connectivity index (χ1v) is 27.8. The second kappa shape index (κ2) is 25.0. The lowest BCUT2D eigenvalue weighted by molar-refractivity contribution is -0.148. The highest BCUT2D eigenvalue weighted by atomic mass is 35.5. The Morgan fingerprint density at radius 2 is 1.04 bits per heavy atom. The molecule has 0 bridgehead atoms. The smallest absolute Gasteiger partial charge is 0.326 e. The molecule has 10 nitrogen and oxygen atoms in total. The largest absolute Gasteiger partial charge is 0.456 e. The second-order valence-corrected chi connectivity index (χ2v) is 21.9. The normalized spacial score (nSPS) is 18.5. The summed E-state index contributed by atoms with van der Waals surface area (Å²) in [4.78, 5) is 71.6. The topological polar surface area (TPSA) is 143 Å². The number of esters is 1. The Morgan fingerprint density at radius 3 is 1.50 bits per heavy atom. The van der Waals surface area contributed by atoms with E-state index in [9.17, 15) is 24.0 Å². The third-order valence-corrected chi connectivity index (χ3v) is 17.2. The number of nitrogens with one attached hydrogen (secondary N) is 4. The van der Waals surface area contributed by atoms with Crippen LogP contribution in [0, 0.1) is 0 Å². The van der Waals surface area contributed by atoms with Crippen LogP contribution in [0.15, 0.2) is 218 Å². The molecule has 1 saturated carbocycles. The van der Waals surface area contributed by atoms with Crippen molar-refractivity contribution in [3.63, 3.8) is 0 Å². The molecule has 2 aliphatic rings. The molecular formula is C63H59ClN4O6S2. The third kappa shape index (κ3) is 12.6. The molecule has 0 unspecified atom stereocenters. The van der Waals surface area contributed by atoms with E-state index in [4.69, 9.17) is 16.3 Å². The maximum atomic E-state index is 14.9. The first-order valence-electron chi connectivity index (χ1n) is 25.5. The predicted octanol–water partition coefficient (Wildman–Crippen LogP) is 10.3. The zero-order chi connectivity index (χ0) is 52.8. The zero-order valence-corrected chi connectivity index (χ0v) is 44.2. The van der Waals surface area contributed by atoms with Crippen molar-refractivity contribution in [3.8, 4) is 0 Å². The molecule has 3 atom stereocenters. The second-order valence-electron chi connectivity index (χ2n) is 18.9. The maximum Gasteiger partial charge on any atom is 0.326 e. The number of cyclic esters (lactones) is 1. The minimum atomic E-state index is -1.31. The van der Waals surface area contributed by atoms with E-state index in [1.807, 2.05) is 152 Å². The molecule has 4 N–H and O–H groups in total. The summed E-state index contributed by atoms with van der Waals surface area (Å²) >= 11 is 9.71. The van der Waals surface area contributed by atoms with E-state index >= 15 is 0 Å². The number of ether oxygens (including phenoxy) is 1. The number of allylic oxidation sites excluding steroid dienone is 1. The summed E-state index contributed by atoms with van der Waals surface area (Å²) in [5, 5.41) is 12.0. The van der Waals surface area contributed by atoms with Crippen molar-refractivity contribution >= 4 is 64.7 Å². The SMILES string of the molecule is O=C1C[C@@H](/C=C/CCSC(c2ccccc2)(c2ccccc2)c2ccccc2)OC(=O)CNC(=O)C2(CC2)NC(=O)[C@@H](CSC(c2ccccc2)(c2ccccc2)c2ccccc2)NC(=O)[C@@H](Cc2cccc(Cl)c2)N1. The van der Waals surface area contributed by atoms with E-state index in [-0.39, 0.29) is 18.6 Å². The molecule has 0 aromatic heterocycles. The Hall–Kier alpha value is -7.38. The van der Waals surface area contributed by atoms with Crippen LogP contribution in [0.2, 0.25) is 5.02 Å². The first kappa shape index (κ1) is 53.4. The van der Waals surface area contributed by atoms with Crippen LogP contribution in [0.3, 0.4) is 0 Å². The molecule has 9 rings (SSSR count). The molecule has 4 amide bonds. The predicted molar refractivity (Wildman–Crippen MR) is 304 cm³/mol. The van der Waals surface area contributed by atoms with Gasteiger partial charge in [-0.2, -0.15) is 0 Å². The van der Waals surface area contributed by atoms with Gasteiger partial charge in [0, 0.05) is 17.2 Å². The highest BCUT2D eigenvalue weighted by Crippen LogP contribution is 2.50. The number of benzene rings is 7. The quantitative estimate of drug-likeness (QED) is 0.0324. The Kier molecular flexibility index (Phi) is 17.6. The first-order chi connectivity index (χ1) is 37.1. The summed E-state index contributed by atoms with van der Waals surface area (Å²) in [6, 6.07) is 65.8.